The number of nitrogens with zero attached hydrogens (tertiary/aromatic N) is 2. The van der Waals surface area contributed by atoms with Gasteiger partial charge in [0.05, 0.1) is 12.9 Å². The fourth-order valence-corrected chi connectivity index (χ4v) is 3.93. The number of likely N-dealkylation sites (tertiary alicyclic amines) is 1. The van der Waals surface area contributed by atoms with Crippen molar-refractivity contribution in [3.05, 3.63) is 54.1 Å². The van der Waals surface area contributed by atoms with Gasteiger partial charge in [0.1, 0.15) is 0 Å². The van der Waals surface area contributed by atoms with Gasteiger partial charge in [-0.15, -0.1) is 11.8 Å². The van der Waals surface area contributed by atoms with Crippen LogP contribution in [0.25, 0.3) is 0 Å². The zero-order chi connectivity index (χ0) is 19.2. The van der Waals surface area contributed by atoms with E-state index in [0.29, 0.717) is 30.8 Å². The highest BCUT2D eigenvalue weighted by Crippen LogP contribution is 2.25. The number of carbonyl (C=O) groups excluding carboxylic acids is 2. The number of pyridine rings is 1. The molecule has 5 nitrogen and oxygen atoms in total. The van der Waals surface area contributed by atoms with Crippen LogP contribution in [0.5, 0.6) is 5.75 Å². The molecule has 1 aromatic carbocycles. The van der Waals surface area contributed by atoms with Crippen LogP contribution in [-0.2, 0) is 4.79 Å². The molecule has 1 atom stereocenters. The molecule has 27 heavy (non-hydrogen) atoms. The number of hydrogen-bond donors (Lipinski definition) is 0. The van der Waals surface area contributed by atoms with Crippen LogP contribution in [0.3, 0.4) is 0 Å². The molecule has 1 aliphatic heterocycles. The molecule has 142 valence electrons. The average molecular weight is 388 g/mol. The Kier molecular flexibility index (Phi) is 6.45. The Morgan fingerprint density at radius 1 is 1.30 bits per heavy atom. The summed E-state index contributed by atoms with van der Waals surface area (Å²) in [6.45, 7) is 1.03. The smallest absolute Gasteiger partial charge is 0.232 e. The van der Waals surface area contributed by atoms with E-state index in [0.717, 1.165) is 11.3 Å². The van der Waals surface area contributed by atoms with E-state index < -0.39 is 5.82 Å². The van der Waals surface area contributed by atoms with Crippen LogP contribution < -0.4 is 4.74 Å². The summed E-state index contributed by atoms with van der Waals surface area (Å²) in [6, 6.07) is 7.96. The molecule has 0 N–H and O–H groups in total. The number of halogens is 1. The fourth-order valence-electron chi connectivity index (χ4n) is 3.14. The highest BCUT2D eigenvalue weighted by atomic mass is 32.2. The van der Waals surface area contributed by atoms with Crippen molar-refractivity contribution in [1.82, 2.24) is 9.88 Å². The van der Waals surface area contributed by atoms with E-state index in [9.17, 15) is 14.0 Å². The van der Waals surface area contributed by atoms with Crippen molar-refractivity contribution in [2.24, 2.45) is 5.92 Å². The zero-order valence-electron chi connectivity index (χ0n) is 15.1. The van der Waals surface area contributed by atoms with Gasteiger partial charge in [-0.1, -0.05) is 0 Å². The van der Waals surface area contributed by atoms with Crippen molar-refractivity contribution < 1.29 is 18.7 Å². The summed E-state index contributed by atoms with van der Waals surface area (Å²) in [4.78, 5) is 31.9. The van der Waals surface area contributed by atoms with E-state index in [1.165, 1.54) is 31.0 Å². The Bertz CT molecular complexity index is 816. The predicted octanol–water partition coefficient (Wildman–Crippen LogP) is 3.44. The second kappa shape index (κ2) is 8.99. The molecule has 7 heteroatoms. The number of piperidine rings is 1. The van der Waals surface area contributed by atoms with Gasteiger partial charge in [0.15, 0.2) is 17.3 Å². The van der Waals surface area contributed by atoms with Gasteiger partial charge in [0, 0.05) is 41.9 Å². The summed E-state index contributed by atoms with van der Waals surface area (Å²) in [5.74, 6) is -0.546. The molecule has 2 aromatic rings. The number of hydrogen-bond acceptors (Lipinski definition) is 5. The summed E-state index contributed by atoms with van der Waals surface area (Å²) in [6.07, 6.45) is 4.85. The molecule has 1 amide bonds. The predicted molar refractivity (Wildman–Crippen MR) is 102 cm³/mol. The van der Waals surface area contributed by atoms with Crippen LogP contribution in [0.1, 0.15) is 23.2 Å². The molecule has 0 saturated carbocycles. The van der Waals surface area contributed by atoms with Crippen molar-refractivity contribution in [2.75, 3.05) is 26.0 Å². The zero-order valence-corrected chi connectivity index (χ0v) is 15.9. The molecule has 2 heterocycles. The van der Waals surface area contributed by atoms with E-state index in [4.69, 9.17) is 4.74 Å². The Morgan fingerprint density at radius 2 is 2.07 bits per heavy atom. The van der Waals surface area contributed by atoms with Crippen molar-refractivity contribution in [3.8, 4) is 5.75 Å². The van der Waals surface area contributed by atoms with Gasteiger partial charge in [-0.25, -0.2) is 4.39 Å². The maximum Gasteiger partial charge on any atom is 0.232 e. The van der Waals surface area contributed by atoms with E-state index in [-0.39, 0.29) is 23.4 Å². The number of amides is 1. The first-order valence-electron chi connectivity index (χ1n) is 8.77. The second-order valence-corrected chi connectivity index (χ2v) is 7.41. The minimum absolute atomic E-state index is 0.00947. The number of ether oxygens (including phenoxy) is 1. The highest BCUT2D eigenvalue weighted by molar-refractivity contribution is 8.00. The van der Waals surface area contributed by atoms with Crippen molar-refractivity contribution in [2.45, 2.75) is 17.7 Å². The Labute approximate surface area is 161 Å². The van der Waals surface area contributed by atoms with E-state index in [2.05, 4.69) is 4.98 Å². The quantitative estimate of drug-likeness (QED) is 0.560. The third-order valence-corrected chi connectivity index (χ3v) is 5.59. The normalized spacial score (nSPS) is 16.8. The maximum absolute atomic E-state index is 13.9. The van der Waals surface area contributed by atoms with Gasteiger partial charge in [-0.05, 0) is 43.2 Å². The molecular formula is C20H21FN2O3S. The Balaban J connectivity index is 1.60. The lowest BCUT2D eigenvalue weighted by atomic mass is 9.90. The van der Waals surface area contributed by atoms with Gasteiger partial charge in [-0.3, -0.25) is 14.6 Å². The van der Waals surface area contributed by atoms with Gasteiger partial charge in [-0.2, -0.15) is 0 Å². The molecule has 0 radical (unpaired) electrons. The molecule has 3 rings (SSSR count). The molecular weight excluding hydrogens is 367 g/mol. The standard InChI is InChI=1S/C20H21FN2O3S/c1-26-18-5-4-14(11-17(18)21)20(25)15-3-2-10-23(12-15)19(24)13-27-16-6-8-22-9-7-16/h4-9,11,15H,2-3,10,12-13H2,1H3. The summed E-state index contributed by atoms with van der Waals surface area (Å²) in [7, 11) is 1.38. The average Bonchev–Trinajstić information content (AvgIpc) is 2.72. The van der Waals surface area contributed by atoms with E-state index >= 15 is 0 Å². The number of ketones is 1. The topological polar surface area (TPSA) is 59.5 Å². The number of benzene rings is 1. The number of thioether (sulfide) groups is 1. The van der Waals surface area contributed by atoms with Crippen molar-refractivity contribution in [3.63, 3.8) is 0 Å². The Morgan fingerprint density at radius 3 is 2.78 bits per heavy atom. The molecule has 1 saturated heterocycles. The minimum atomic E-state index is -0.555. The van der Waals surface area contributed by atoms with Crippen LogP contribution in [0.4, 0.5) is 4.39 Å². The molecule has 1 unspecified atom stereocenters. The number of carbonyl (C=O) groups is 2. The fraction of sp³-hybridized carbons (Fsp3) is 0.350. The number of aromatic nitrogens is 1. The van der Waals surface area contributed by atoms with Crippen molar-refractivity contribution >= 4 is 23.5 Å². The Hall–Kier alpha value is -2.41. The van der Waals surface area contributed by atoms with Crippen LogP contribution in [0, 0.1) is 11.7 Å². The summed E-state index contributed by atoms with van der Waals surface area (Å²) in [5, 5.41) is 0. The van der Waals surface area contributed by atoms with Gasteiger partial charge in [0.25, 0.3) is 0 Å². The summed E-state index contributed by atoms with van der Waals surface area (Å²) >= 11 is 1.45. The van der Waals surface area contributed by atoms with Gasteiger partial charge in [0.2, 0.25) is 5.91 Å². The summed E-state index contributed by atoms with van der Waals surface area (Å²) in [5.41, 5.74) is 0.318. The van der Waals surface area contributed by atoms with Gasteiger partial charge >= 0.3 is 0 Å². The lowest BCUT2D eigenvalue weighted by Gasteiger charge is -2.32. The molecule has 0 bridgehead atoms. The molecule has 0 spiro atoms. The molecule has 1 aliphatic rings. The largest absolute Gasteiger partial charge is 0.494 e. The molecule has 1 aromatic heterocycles. The first-order valence-corrected chi connectivity index (χ1v) is 9.75. The SMILES string of the molecule is COc1ccc(C(=O)C2CCCN(C(=O)CSc3ccncc3)C2)cc1F. The first kappa shape index (κ1) is 19.4. The van der Waals surface area contributed by atoms with Gasteiger partial charge < -0.3 is 9.64 Å². The molecule has 1 fully saturated rings. The molecule has 0 aliphatic carbocycles. The number of methoxy groups -OCH3 is 1. The lowest BCUT2D eigenvalue weighted by molar-refractivity contribution is -0.129. The second-order valence-electron chi connectivity index (χ2n) is 6.36. The highest BCUT2D eigenvalue weighted by Gasteiger charge is 2.29. The monoisotopic (exact) mass is 388 g/mol. The van der Waals surface area contributed by atoms with Crippen LogP contribution in [0.2, 0.25) is 0 Å². The maximum atomic E-state index is 13.9. The first-order chi connectivity index (χ1) is 13.1. The van der Waals surface area contributed by atoms with E-state index in [1.54, 1.807) is 23.4 Å². The van der Waals surface area contributed by atoms with E-state index in [1.807, 2.05) is 12.1 Å². The van der Waals surface area contributed by atoms with Crippen LogP contribution in [-0.4, -0.2) is 47.5 Å². The minimum Gasteiger partial charge on any atom is -0.494 e. The van der Waals surface area contributed by atoms with Crippen molar-refractivity contribution in [1.29, 1.82) is 0 Å². The van der Waals surface area contributed by atoms with Crippen LogP contribution in [0.15, 0.2) is 47.6 Å². The number of rotatable bonds is 6. The third-order valence-electron chi connectivity index (χ3n) is 4.59. The third kappa shape index (κ3) is 4.86. The summed E-state index contributed by atoms with van der Waals surface area (Å²) < 4.78 is 18.8. The van der Waals surface area contributed by atoms with Crippen LogP contribution >= 0.6 is 11.8 Å². The lowest BCUT2D eigenvalue weighted by Crippen LogP contribution is -2.43. The number of Topliss-reactive ketones (excluding diaryl/α,β-unsaturated/α-hetero) is 1.